The van der Waals surface area contributed by atoms with E-state index in [0.29, 0.717) is 12.1 Å². The van der Waals surface area contributed by atoms with Crippen LogP contribution in [0.4, 0.5) is 0 Å². The van der Waals surface area contributed by atoms with Gasteiger partial charge < -0.3 is 14.6 Å². The lowest BCUT2D eigenvalue weighted by Crippen LogP contribution is -2.38. The van der Waals surface area contributed by atoms with E-state index in [0.717, 1.165) is 18.9 Å². The molecule has 0 aromatic carbocycles. The fraction of sp³-hybridized carbons (Fsp3) is 0.769. The van der Waals surface area contributed by atoms with Crippen molar-refractivity contribution in [2.75, 3.05) is 6.61 Å². The minimum absolute atomic E-state index is 0.106. The molecule has 0 spiro atoms. The smallest absolute Gasteiger partial charge is 0.139 e. The average molecular weight is 237 g/mol. The number of ether oxygens (including phenoxy) is 1. The number of aryl methyl sites for hydroxylation is 1. The van der Waals surface area contributed by atoms with Crippen molar-refractivity contribution in [3.63, 3.8) is 0 Å². The second kappa shape index (κ2) is 5.65. The Kier molecular flexibility index (Phi) is 4.18. The van der Waals surface area contributed by atoms with Crippen LogP contribution < -0.4 is 5.32 Å². The van der Waals surface area contributed by atoms with Gasteiger partial charge in [-0.1, -0.05) is 13.3 Å². The van der Waals surface area contributed by atoms with Crippen molar-refractivity contribution in [3.05, 3.63) is 18.2 Å². The van der Waals surface area contributed by atoms with Crippen molar-refractivity contribution < 1.29 is 4.74 Å². The number of imidazole rings is 1. The van der Waals surface area contributed by atoms with E-state index < -0.39 is 0 Å². The minimum Gasteiger partial charge on any atom is -0.369 e. The van der Waals surface area contributed by atoms with Crippen LogP contribution in [0.25, 0.3) is 0 Å². The summed E-state index contributed by atoms with van der Waals surface area (Å²) in [5, 5.41) is 3.67. The number of aromatic nitrogens is 2. The second-order valence-electron chi connectivity index (χ2n) is 4.94. The lowest BCUT2D eigenvalue weighted by atomic mass is 10.1. The van der Waals surface area contributed by atoms with Crippen molar-refractivity contribution in [2.24, 2.45) is 7.05 Å². The Morgan fingerprint density at radius 2 is 2.47 bits per heavy atom. The third kappa shape index (κ3) is 2.87. The van der Waals surface area contributed by atoms with Crippen molar-refractivity contribution in [3.8, 4) is 0 Å². The Morgan fingerprint density at radius 1 is 1.65 bits per heavy atom. The van der Waals surface area contributed by atoms with Crippen LogP contribution in [0.15, 0.2) is 12.4 Å². The quantitative estimate of drug-likeness (QED) is 0.851. The van der Waals surface area contributed by atoms with Gasteiger partial charge in [0, 0.05) is 38.1 Å². The number of hydrogen-bond donors (Lipinski definition) is 1. The van der Waals surface area contributed by atoms with Gasteiger partial charge >= 0.3 is 0 Å². The normalized spacial score (nSPS) is 26.3. The molecule has 2 heterocycles. The van der Waals surface area contributed by atoms with Crippen molar-refractivity contribution in [1.82, 2.24) is 14.9 Å². The second-order valence-corrected chi connectivity index (χ2v) is 4.94. The lowest BCUT2D eigenvalue weighted by molar-refractivity contribution is 0.0874. The Morgan fingerprint density at radius 3 is 3.12 bits per heavy atom. The highest BCUT2D eigenvalue weighted by Crippen LogP contribution is 2.28. The van der Waals surface area contributed by atoms with Crippen LogP contribution >= 0.6 is 0 Å². The molecule has 1 N–H and O–H groups in total. The van der Waals surface area contributed by atoms with Gasteiger partial charge in [-0.05, 0) is 19.8 Å². The third-order valence-corrected chi connectivity index (χ3v) is 3.42. The summed E-state index contributed by atoms with van der Waals surface area (Å²) in [4.78, 5) is 4.40. The molecule has 1 aromatic rings. The number of hydrogen-bond acceptors (Lipinski definition) is 3. The van der Waals surface area contributed by atoms with E-state index in [1.54, 1.807) is 0 Å². The standard InChI is InChI=1S/C13H23N3O/c1-4-5-10(2)15-11-6-9-17-12(11)13-14-7-8-16(13)3/h7-8,10-12,15H,4-6,9H2,1-3H3/t10-,11-,12-/m0/s1. The van der Waals surface area contributed by atoms with Crippen LogP contribution in [0.1, 0.15) is 45.0 Å². The van der Waals surface area contributed by atoms with Crippen LogP contribution in [0.3, 0.4) is 0 Å². The molecule has 1 aliphatic rings. The van der Waals surface area contributed by atoms with E-state index in [9.17, 15) is 0 Å². The molecule has 0 aliphatic carbocycles. The molecule has 1 saturated heterocycles. The van der Waals surface area contributed by atoms with Gasteiger partial charge in [0.15, 0.2) is 0 Å². The maximum Gasteiger partial charge on any atom is 0.139 e. The average Bonchev–Trinajstić information content (AvgIpc) is 2.87. The Balaban J connectivity index is 2.00. The van der Waals surface area contributed by atoms with Crippen molar-refractivity contribution in [2.45, 2.75) is 51.3 Å². The highest BCUT2D eigenvalue weighted by atomic mass is 16.5. The Bertz CT molecular complexity index is 350. The largest absolute Gasteiger partial charge is 0.369 e. The van der Waals surface area contributed by atoms with Crippen LogP contribution in [0.5, 0.6) is 0 Å². The summed E-state index contributed by atoms with van der Waals surface area (Å²) >= 11 is 0. The predicted molar refractivity (Wildman–Crippen MR) is 67.8 cm³/mol. The first-order valence-corrected chi connectivity index (χ1v) is 6.57. The Hall–Kier alpha value is -0.870. The van der Waals surface area contributed by atoms with Crippen molar-refractivity contribution >= 4 is 0 Å². The van der Waals surface area contributed by atoms with Crippen LogP contribution in [-0.2, 0) is 11.8 Å². The summed E-state index contributed by atoms with van der Waals surface area (Å²) in [5.74, 6) is 1.03. The van der Waals surface area contributed by atoms with Gasteiger partial charge in [0.1, 0.15) is 11.9 Å². The number of nitrogens with one attached hydrogen (secondary N) is 1. The summed E-state index contributed by atoms with van der Waals surface area (Å²) in [6, 6.07) is 0.951. The molecule has 3 atom stereocenters. The lowest BCUT2D eigenvalue weighted by Gasteiger charge is -2.23. The molecule has 0 bridgehead atoms. The van der Waals surface area contributed by atoms with Gasteiger partial charge in [-0.15, -0.1) is 0 Å². The summed E-state index contributed by atoms with van der Waals surface area (Å²) in [6.07, 6.45) is 7.42. The zero-order valence-corrected chi connectivity index (χ0v) is 11.0. The first kappa shape index (κ1) is 12.6. The molecule has 4 heteroatoms. The number of nitrogens with zero attached hydrogens (tertiary/aromatic N) is 2. The van der Waals surface area contributed by atoms with Gasteiger partial charge in [0.2, 0.25) is 0 Å². The van der Waals surface area contributed by atoms with E-state index in [2.05, 4.69) is 28.7 Å². The molecule has 4 nitrogen and oxygen atoms in total. The fourth-order valence-corrected chi connectivity index (χ4v) is 2.55. The van der Waals surface area contributed by atoms with Gasteiger partial charge in [-0.2, -0.15) is 0 Å². The van der Waals surface area contributed by atoms with Crippen LogP contribution in [0.2, 0.25) is 0 Å². The first-order chi connectivity index (χ1) is 8.22. The zero-order valence-electron chi connectivity index (χ0n) is 11.0. The molecular formula is C13H23N3O. The summed E-state index contributed by atoms with van der Waals surface area (Å²) < 4.78 is 7.87. The first-order valence-electron chi connectivity index (χ1n) is 6.57. The van der Waals surface area contributed by atoms with Crippen molar-refractivity contribution in [1.29, 1.82) is 0 Å². The third-order valence-electron chi connectivity index (χ3n) is 3.42. The summed E-state index contributed by atoms with van der Waals surface area (Å²) in [5.41, 5.74) is 0. The Labute approximate surface area is 103 Å². The molecule has 96 valence electrons. The molecule has 0 radical (unpaired) electrons. The molecule has 0 saturated carbocycles. The SMILES string of the molecule is CCC[C@H](C)N[C@H]1CCO[C@@H]1c1nccn1C. The number of rotatable bonds is 5. The van der Waals surface area contributed by atoms with E-state index in [1.807, 2.05) is 19.4 Å². The predicted octanol–water partition coefficient (Wildman–Crippen LogP) is 2.03. The zero-order chi connectivity index (χ0) is 12.3. The molecule has 1 fully saturated rings. The van der Waals surface area contributed by atoms with E-state index in [4.69, 9.17) is 4.74 Å². The van der Waals surface area contributed by atoms with Gasteiger partial charge in [-0.3, -0.25) is 0 Å². The van der Waals surface area contributed by atoms with Crippen LogP contribution in [-0.4, -0.2) is 28.2 Å². The van der Waals surface area contributed by atoms with E-state index >= 15 is 0 Å². The monoisotopic (exact) mass is 237 g/mol. The highest BCUT2D eigenvalue weighted by Gasteiger charge is 2.32. The molecular weight excluding hydrogens is 214 g/mol. The fourth-order valence-electron chi connectivity index (χ4n) is 2.55. The van der Waals surface area contributed by atoms with Gasteiger partial charge in [0.25, 0.3) is 0 Å². The van der Waals surface area contributed by atoms with Gasteiger partial charge in [0.05, 0.1) is 0 Å². The maximum atomic E-state index is 5.82. The molecule has 1 aliphatic heterocycles. The highest BCUT2D eigenvalue weighted by molar-refractivity contribution is 5.03. The summed E-state index contributed by atoms with van der Waals surface area (Å²) in [6.45, 7) is 5.30. The topological polar surface area (TPSA) is 39.1 Å². The van der Waals surface area contributed by atoms with E-state index in [-0.39, 0.29) is 6.10 Å². The maximum absolute atomic E-state index is 5.82. The molecule has 0 amide bonds. The molecule has 0 unspecified atom stereocenters. The van der Waals surface area contributed by atoms with E-state index in [1.165, 1.54) is 12.8 Å². The molecule has 1 aromatic heterocycles. The molecule has 2 rings (SSSR count). The van der Waals surface area contributed by atoms with Gasteiger partial charge in [-0.25, -0.2) is 4.98 Å². The summed E-state index contributed by atoms with van der Waals surface area (Å²) in [7, 11) is 2.02. The molecule has 17 heavy (non-hydrogen) atoms. The van der Waals surface area contributed by atoms with Crippen LogP contribution in [0, 0.1) is 0 Å². The minimum atomic E-state index is 0.106.